The van der Waals surface area contributed by atoms with Crippen molar-refractivity contribution in [1.82, 2.24) is 5.32 Å². The van der Waals surface area contributed by atoms with E-state index in [-0.39, 0.29) is 36.0 Å². The Morgan fingerprint density at radius 1 is 1.41 bits per heavy atom. The molecule has 1 rings (SSSR count). The molecule has 1 saturated carbocycles. The van der Waals surface area contributed by atoms with E-state index in [9.17, 15) is 9.18 Å². The zero-order chi connectivity index (χ0) is 13.0. The van der Waals surface area contributed by atoms with Crippen LogP contribution in [-0.4, -0.2) is 18.4 Å². The highest BCUT2D eigenvalue weighted by atomic mass is 19.1. The normalized spacial score (nSPS) is 23.6. The number of hydrogen-bond acceptors (Lipinski definition) is 2. The second kappa shape index (κ2) is 6.29. The molecule has 2 nitrogen and oxygen atoms in total. The summed E-state index contributed by atoms with van der Waals surface area (Å²) in [4.78, 5) is 12.0. The number of allylic oxidation sites excluding steroid dienone is 1. The summed E-state index contributed by atoms with van der Waals surface area (Å²) in [6.45, 7) is 8.02. The zero-order valence-corrected chi connectivity index (χ0v) is 11.3. The molecule has 1 atom stereocenters. The molecule has 0 amide bonds. The van der Waals surface area contributed by atoms with Gasteiger partial charge in [-0.1, -0.05) is 27.7 Å². The molecule has 0 radical (unpaired) electrons. The van der Waals surface area contributed by atoms with Gasteiger partial charge in [-0.3, -0.25) is 4.79 Å². The van der Waals surface area contributed by atoms with Gasteiger partial charge in [0.1, 0.15) is 11.6 Å². The van der Waals surface area contributed by atoms with E-state index in [4.69, 9.17) is 0 Å². The maximum absolute atomic E-state index is 14.0. The van der Waals surface area contributed by atoms with Gasteiger partial charge in [-0.25, -0.2) is 4.39 Å². The lowest BCUT2D eigenvalue weighted by molar-refractivity contribution is -0.124. The number of ketones is 1. The van der Waals surface area contributed by atoms with E-state index in [1.807, 2.05) is 27.7 Å². The minimum absolute atomic E-state index is 0.000965. The Kier molecular flexibility index (Phi) is 5.31. The molecule has 0 heterocycles. The van der Waals surface area contributed by atoms with Gasteiger partial charge in [0, 0.05) is 24.4 Å². The molecular formula is C14H24FNO. The van der Waals surface area contributed by atoms with Crippen molar-refractivity contribution in [3.8, 4) is 0 Å². The predicted octanol–water partition coefficient (Wildman–Crippen LogP) is 3.23. The first-order valence-corrected chi connectivity index (χ1v) is 6.58. The summed E-state index contributed by atoms with van der Waals surface area (Å²) in [6.07, 6.45) is 2.50. The van der Waals surface area contributed by atoms with Crippen LogP contribution in [0.15, 0.2) is 11.4 Å². The smallest absolute Gasteiger partial charge is 0.142 e. The average molecular weight is 241 g/mol. The monoisotopic (exact) mass is 241 g/mol. The third-order valence-corrected chi connectivity index (χ3v) is 3.29. The topological polar surface area (TPSA) is 29.1 Å². The minimum atomic E-state index is -0.163. The molecule has 0 spiro atoms. The fraction of sp³-hybridized carbons (Fsp3) is 0.786. The third kappa shape index (κ3) is 3.91. The van der Waals surface area contributed by atoms with E-state index in [1.54, 1.807) is 0 Å². The van der Waals surface area contributed by atoms with Crippen LogP contribution in [0.1, 0.15) is 47.0 Å². The summed E-state index contributed by atoms with van der Waals surface area (Å²) < 4.78 is 14.0. The van der Waals surface area contributed by atoms with Gasteiger partial charge in [-0.05, 0) is 24.8 Å². The maximum Gasteiger partial charge on any atom is 0.142 e. The number of nitrogens with one attached hydrogen (secondary N) is 1. The van der Waals surface area contributed by atoms with Crippen LogP contribution in [0.5, 0.6) is 0 Å². The molecule has 1 aliphatic carbocycles. The maximum atomic E-state index is 14.0. The van der Waals surface area contributed by atoms with Gasteiger partial charge in [0.15, 0.2) is 0 Å². The Morgan fingerprint density at radius 2 is 2.06 bits per heavy atom. The number of hydrogen-bond donors (Lipinski definition) is 1. The van der Waals surface area contributed by atoms with E-state index in [1.165, 1.54) is 0 Å². The lowest BCUT2D eigenvalue weighted by Crippen LogP contribution is -2.26. The number of carbonyl (C=O) groups is 1. The van der Waals surface area contributed by atoms with Gasteiger partial charge in [0.25, 0.3) is 0 Å². The number of Topliss-reactive ketones (excluding diaryl/α,β-unsaturated/α-hetero) is 1. The summed E-state index contributed by atoms with van der Waals surface area (Å²) in [6, 6.07) is 0.266. The largest absolute Gasteiger partial charge is 0.308 e. The molecule has 0 saturated heterocycles. The summed E-state index contributed by atoms with van der Waals surface area (Å²) in [7, 11) is 0. The highest BCUT2D eigenvalue weighted by Gasteiger charge is 2.31. The van der Waals surface area contributed by atoms with Crippen LogP contribution in [0.3, 0.4) is 0 Å². The molecule has 0 unspecified atom stereocenters. The lowest BCUT2D eigenvalue weighted by atomic mass is 9.90. The van der Waals surface area contributed by atoms with Crippen molar-refractivity contribution in [2.45, 2.75) is 53.0 Å². The Bertz CT molecular complexity index is 307. The van der Waals surface area contributed by atoms with Crippen LogP contribution in [0.4, 0.5) is 4.39 Å². The first-order valence-electron chi connectivity index (χ1n) is 6.58. The first kappa shape index (κ1) is 14.4. The quantitative estimate of drug-likeness (QED) is 0.800. The summed E-state index contributed by atoms with van der Waals surface area (Å²) in [5.41, 5.74) is 0.747. The predicted molar refractivity (Wildman–Crippen MR) is 68.5 cm³/mol. The summed E-state index contributed by atoms with van der Waals surface area (Å²) in [5, 5.41) is 3.07. The van der Waals surface area contributed by atoms with Crippen LogP contribution in [0.2, 0.25) is 0 Å². The average Bonchev–Trinajstić information content (AvgIpc) is 2.73. The zero-order valence-electron chi connectivity index (χ0n) is 11.3. The molecule has 1 fully saturated rings. The lowest BCUT2D eigenvalue weighted by Gasteiger charge is -2.15. The molecule has 3 heteroatoms. The number of carbonyl (C=O) groups excluding carboxylic acids is 1. The number of halogens is 1. The molecule has 1 N–H and O–H groups in total. The van der Waals surface area contributed by atoms with Crippen LogP contribution in [0.25, 0.3) is 0 Å². The van der Waals surface area contributed by atoms with E-state index < -0.39 is 0 Å². The Hall–Kier alpha value is -0.700. The Morgan fingerprint density at radius 3 is 2.59 bits per heavy atom. The standard InChI is InChI=1S/C14H24FNO/c1-9(2)14(17)12-7-5-6-11(12)13(15)8-16-10(3)4/h9-10,12,16H,5-8H2,1-4H3/b13-11+/t12-/m1/s1. The van der Waals surface area contributed by atoms with Gasteiger partial charge in [-0.2, -0.15) is 0 Å². The van der Waals surface area contributed by atoms with E-state index in [2.05, 4.69) is 5.32 Å². The van der Waals surface area contributed by atoms with Crippen molar-refractivity contribution in [1.29, 1.82) is 0 Å². The van der Waals surface area contributed by atoms with Crippen LogP contribution in [0, 0.1) is 11.8 Å². The van der Waals surface area contributed by atoms with Crippen LogP contribution < -0.4 is 5.32 Å². The van der Waals surface area contributed by atoms with Crippen molar-refractivity contribution in [3.05, 3.63) is 11.4 Å². The first-order chi connectivity index (χ1) is 7.93. The van der Waals surface area contributed by atoms with Gasteiger partial charge < -0.3 is 5.32 Å². The molecular weight excluding hydrogens is 217 g/mol. The second-order valence-electron chi connectivity index (χ2n) is 5.47. The molecule has 1 aliphatic rings. The highest BCUT2D eigenvalue weighted by Crippen LogP contribution is 2.35. The number of rotatable bonds is 5. The molecule has 0 bridgehead atoms. The fourth-order valence-electron chi connectivity index (χ4n) is 2.29. The van der Waals surface area contributed by atoms with Gasteiger partial charge >= 0.3 is 0 Å². The Balaban J connectivity index is 2.73. The molecule has 0 aromatic heterocycles. The fourth-order valence-corrected chi connectivity index (χ4v) is 2.29. The van der Waals surface area contributed by atoms with E-state index >= 15 is 0 Å². The third-order valence-electron chi connectivity index (χ3n) is 3.29. The van der Waals surface area contributed by atoms with Crippen molar-refractivity contribution in [2.75, 3.05) is 6.54 Å². The van der Waals surface area contributed by atoms with Crippen molar-refractivity contribution in [3.63, 3.8) is 0 Å². The Labute approximate surface area is 104 Å². The van der Waals surface area contributed by atoms with Crippen LogP contribution >= 0.6 is 0 Å². The van der Waals surface area contributed by atoms with E-state index in [0.29, 0.717) is 0 Å². The molecule has 98 valence electrons. The van der Waals surface area contributed by atoms with Crippen LogP contribution in [-0.2, 0) is 4.79 Å². The van der Waals surface area contributed by atoms with Gasteiger partial charge in [0.05, 0.1) is 0 Å². The molecule has 17 heavy (non-hydrogen) atoms. The van der Waals surface area contributed by atoms with E-state index in [0.717, 1.165) is 24.8 Å². The van der Waals surface area contributed by atoms with Crippen molar-refractivity contribution >= 4 is 5.78 Å². The minimum Gasteiger partial charge on any atom is -0.308 e. The summed E-state index contributed by atoms with van der Waals surface area (Å²) in [5.74, 6) is -0.0877. The van der Waals surface area contributed by atoms with Crippen molar-refractivity contribution in [2.24, 2.45) is 11.8 Å². The van der Waals surface area contributed by atoms with Crippen molar-refractivity contribution < 1.29 is 9.18 Å². The SMILES string of the molecule is CC(C)NC/C(F)=C1/CCC[C@H]1C(=O)C(C)C. The molecule has 0 aromatic rings. The molecule has 0 aliphatic heterocycles. The summed E-state index contributed by atoms with van der Waals surface area (Å²) >= 11 is 0. The van der Waals surface area contributed by atoms with Gasteiger partial charge in [-0.15, -0.1) is 0 Å². The molecule has 0 aromatic carbocycles. The second-order valence-corrected chi connectivity index (χ2v) is 5.47. The highest BCUT2D eigenvalue weighted by molar-refractivity contribution is 5.85. The van der Waals surface area contributed by atoms with Gasteiger partial charge in [0.2, 0.25) is 0 Å².